The molecule has 5 heteroatoms. The summed E-state index contributed by atoms with van der Waals surface area (Å²) < 4.78 is 0. The average molecular weight is 280 g/mol. The van der Waals surface area contributed by atoms with Gasteiger partial charge in [0.25, 0.3) is 0 Å². The molecule has 0 amide bonds. The minimum absolute atomic E-state index is 0.0138. The average Bonchev–Trinajstić information content (AvgIpc) is 3.08. The maximum atomic E-state index is 9.60. The third-order valence-corrected chi connectivity index (χ3v) is 3.30. The topological polar surface area (TPSA) is 73.8 Å². The van der Waals surface area contributed by atoms with Gasteiger partial charge >= 0.3 is 0 Å². The van der Waals surface area contributed by atoms with Crippen LogP contribution in [-0.4, -0.2) is 26.9 Å². The van der Waals surface area contributed by atoms with Crippen molar-refractivity contribution in [1.82, 2.24) is 15.2 Å². The van der Waals surface area contributed by atoms with E-state index in [9.17, 15) is 5.11 Å². The molecule has 3 aromatic rings. The van der Waals surface area contributed by atoms with E-state index in [0.29, 0.717) is 0 Å². The molecule has 0 fully saturated rings. The largest absolute Gasteiger partial charge is 0.394 e. The molecule has 21 heavy (non-hydrogen) atoms. The highest BCUT2D eigenvalue weighted by atomic mass is 16.3. The molecule has 0 radical (unpaired) electrons. The fourth-order valence-corrected chi connectivity index (χ4v) is 2.21. The lowest BCUT2D eigenvalue weighted by molar-refractivity contribution is 0.276. The smallest absolute Gasteiger partial charge is 0.0745 e. The molecule has 0 saturated heterocycles. The van der Waals surface area contributed by atoms with Gasteiger partial charge in [0.1, 0.15) is 0 Å². The minimum Gasteiger partial charge on any atom is -0.394 e. The lowest BCUT2D eigenvalue weighted by atomic mass is 10.1. The number of aliphatic hydroxyl groups is 1. The molecule has 1 unspecified atom stereocenters. The summed E-state index contributed by atoms with van der Waals surface area (Å²) in [7, 11) is 0. The molecule has 2 heterocycles. The molecule has 0 bridgehead atoms. The molecule has 5 nitrogen and oxygen atoms in total. The van der Waals surface area contributed by atoms with E-state index in [-0.39, 0.29) is 12.6 Å². The van der Waals surface area contributed by atoms with Gasteiger partial charge < -0.3 is 10.4 Å². The van der Waals surface area contributed by atoms with Gasteiger partial charge in [-0.1, -0.05) is 30.3 Å². The van der Waals surface area contributed by atoms with E-state index in [4.69, 9.17) is 0 Å². The van der Waals surface area contributed by atoms with E-state index in [2.05, 4.69) is 20.5 Å². The molecule has 0 saturated carbocycles. The maximum absolute atomic E-state index is 9.60. The highest BCUT2D eigenvalue weighted by Crippen LogP contribution is 2.23. The third-order valence-electron chi connectivity index (χ3n) is 3.30. The van der Waals surface area contributed by atoms with Crippen LogP contribution in [0, 0.1) is 0 Å². The summed E-state index contributed by atoms with van der Waals surface area (Å²) in [5, 5.41) is 19.6. The van der Waals surface area contributed by atoms with E-state index >= 15 is 0 Å². The van der Waals surface area contributed by atoms with Crippen LogP contribution in [0.5, 0.6) is 0 Å². The standard InChI is InChI=1S/C16H16N4O/c21-11-16(12-4-2-1-3-5-12)20-15-6-13(7-17-10-15)14-8-18-19-9-14/h1-10,16,20-21H,11H2,(H,18,19). The number of hydrogen-bond donors (Lipinski definition) is 3. The number of benzene rings is 1. The number of rotatable bonds is 5. The van der Waals surface area contributed by atoms with Crippen LogP contribution in [0.4, 0.5) is 5.69 Å². The Kier molecular flexibility index (Phi) is 3.93. The predicted molar refractivity (Wildman–Crippen MR) is 81.7 cm³/mol. The molecule has 2 aromatic heterocycles. The first-order valence-electron chi connectivity index (χ1n) is 6.73. The number of nitrogens with zero attached hydrogens (tertiary/aromatic N) is 2. The molecule has 3 N–H and O–H groups in total. The van der Waals surface area contributed by atoms with Crippen molar-refractivity contribution in [3.63, 3.8) is 0 Å². The Morgan fingerprint density at radius 2 is 1.95 bits per heavy atom. The number of nitrogens with one attached hydrogen (secondary N) is 2. The molecule has 3 rings (SSSR count). The van der Waals surface area contributed by atoms with Gasteiger partial charge in [-0.15, -0.1) is 0 Å². The van der Waals surface area contributed by atoms with Crippen LogP contribution >= 0.6 is 0 Å². The highest BCUT2D eigenvalue weighted by molar-refractivity contribution is 5.65. The van der Waals surface area contributed by atoms with Gasteiger partial charge in [-0.3, -0.25) is 10.1 Å². The van der Waals surface area contributed by atoms with Crippen molar-refractivity contribution in [3.05, 3.63) is 66.7 Å². The summed E-state index contributed by atoms with van der Waals surface area (Å²) in [5.74, 6) is 0. The van der Waals surface area contributed by atoms with Crippen LogP contribution in [0.2, 0.25) is 0 Å². The Labute approximate surface area is 122 Å². The summed E-state index contributed by atoms with van der Waals surface area (Å²) in [4.78, 5) is 4.24. The Morgan fingerprint density at radius 3 is 2.67 bits per heavy atom. The van der Waals surface area contributed by atoms with Crippen LogP contribution in [0.1, 0.15) is 11.6 Å². The first-order valence-corrected chi connectivity index (χ1v) is 6.73. The van der Waals surface area contributed by atoms with Crippen LogP contribution in [-0.2, 0) is 0 Å². The number of anilines is 1. The van der Waals surface area contributed by atoms with Crippen LogP contribution < -0.4 is 5.32 Å². The van der Waals surface area contributed by atoms with Crippen molar-refractivity contribution in [2.45, 2.75) is 6.04 Å². The Balaban J connectivity index is 1.82. The summed E-state index contributed by atoms with van der Waals surface area (Å²) in [6, 6.07) is 11.7. The molecule has 1 aromatic carbocycles. The van der Waals surface area contributed by atoms with Crippen molar-refractivity contribution in [2.75, 3.05) is 11.9 Å². The quantitative estimate of drug-likeness (QED) is 0.671. The normalized spacial score (nSPS) is 12.0. The van der Waals surface area contributed by atoms with Gasteiger partial charge in [-0.05, 0) is 11.6 Å². The van der Waals surface area contributed by atoms with Gasteiger partial charge in [-0.2, -0.15) is 5.10 Å². The molecule has 0 spiro atoms. The molecule has 106 valence electrons. The first kappa shape index (κ1) is 13.3. The summed E-state index contributed by atoms with van der Waals surface area (Å²) in [6.45, 7) is 0.0138. The van der Waals surface area contributed by atoms with Crippen LogP contribution in [0.25, 0.3) is 11.1 Å². The van der Waals surface area contributed by atoms with E-state index in [1.807, 2.05) is 42.6 Å². The van der Waals surface area contributed by atoms with Crippen molar-refractivity contribution in [3.8, 4) is 11.1 Å². The van der Waals surface area contributed by atoms with Gasteiger partial charge in [-0.25, -0.2) is 0 Å². The number of hydrogen-bond acceptors (Lipinski definition) is 4. The Hall–Kier alpha value is -2.66. The first-order chi connectivity index (χ1) is 10.4. The fraction of sp³-hybridized carbons (Fsp3) is 0.125. The SMILES string of the molecule is OCC(Nc1cncc(-c2cn[nH]c2)c1)c1ccccc1. The summed E-state index contributed by atoms with van der Waals surface area (Å²) in [6.07, 6.45) is 7.10. The second-order valence-electron chi connectivity index (χ2n) is 4.74. The van der Waals surface area contributed by atoms with Crippen molar-refractivity contribution >= 4 is 5.69 Å². The van der Waals surface area contributed by atoms with Gasteiger partial charge in [0, 0.05) is 29.7 Å². The van der Waals surface area contributed by atoms with E-state index < -0.39 is 0 Å². The summed E-state index contributed by atoms with van der Waals surface area (Å²) in [5.41, 5.74) is 3.84. The van der Waals surface area contributed by atoms with Gasteiger partial charge in [0.05, 0.1) is 24.5 Å². The molecule has 0 aliphatic heterocycles. The number of aromatic nitrogens is 3. The monoisotopic (exact) mass is 280 g/mol. The zero-order chi connectivity index (χ0) is 14.5. The van der Waals surface area contributed by atoms with Crippen LogP contribution in [0.15, 0.2) is 61.2 Å². The highest BCUT2D eigenvalue weighted by Gasteiger charge is 2.10. The van der Waals surface area contributed by atoms with E-state index in [0.717, 1.165) is 22.4 Å². The number of aromatic amines is 1. The lowest BCUT2D eigenvalue weighted by Crippen LogP contribution is -2.14. The van der Waals surface area contributed by atoms with E-state index in [1.165, 1.54) is 0 Å². The molecule has 0 aliphatic rings. The second kappa shape index (κ2) is 6.19. The Morgan fingerprint density at radius 1 is 1.10 bits per heavy atom. The molecular weight excluding hydrogens is 264 g/mol. The summed E-state index contributed by atoms with van der Waals surface area (Å²) >= 11 is 0. The van der Waals surface area contributed by atoms with Gasteiger partial charge in [0.2, 0.25) is 0 Å². The lowest BCUT2D eigenvalue weighted by Gasteiger charge is -2.18. The molecular formula is C16H16N4O. The molecule has 1 atom stereocenters. The molecule has 0 aliphatic carbocycles. The minimum atomic E-state index is -0.160. The predicted octanol–water partition coefficient (Wildman–Crippen LogP) is 2.62. The number of aliphatic hydroxyl groups excluding tert-OH is 1. The van der Waals surface area contributed by atoms with Crippen molar-refractivity contribution in [2.24, 2.45) is 0 Å². The van der Waals surface area contributed by atoms with Crippen LogP contribution in [0.3, 0.4) is 0 Å². The maximum Gasteiger partial charge on any atom is 0.0745 e. The van der Waals surface area contributed by atoms with Gasteiger partial charge in [0.15, 0.2) is 0 Å². The Bertz CT molecular complexity index is 683. The van der Waals surface area contributed by atoms with Crippen molar-refractivity contribution < 1.29 is 5.11 Å². The van der Waals surface area contributed by atoms with E-state index in [1.54, 1.807) is 18.6 Å². The zero-order valence-electron chi connectivity index (χ0n) is 11.4. The number of H-pyrrole nitrogens is 1. The second-order valence-corrected chi connectivity index (χ2v) is 4.74. The number of pyridine rings is 1. The fourth-order valence-electron chi connectivity index (χ4n) is 2.21. The van der Waals surface area contributed by atoms with Crippen molar-refractivity contribution in [1.29, 1.82) is 0 Å². The zero-order valence-corrected chi connectivity index (χ0v) is 11.4. The third kappa shape index (κ3) is 3.09.